The first kappa shape index (κ1) is 18.8. The summed E-state index contributed by atoms with van der Waals surface area (Å²) in [5.74, 6) is -0.337. The lowest BCUT2D eigenvalue weighted by molar-refractivity contribution is 0.0601. The van der Waals surface area contributed by atoms with Gasteiger partial charge in [-0.25, -0.2) is 4.79 Å². The second-order valence-corrected chi connectivity index (χ2v) is 13.0. The van der Waals surface area contributed by atoms with E-state index in [0.717, 1.165) is 5.56 Å². The number of hydrogen-bond acceptors (Lipinski definition) is 3. The third-order valence-electron chi connectivity index (χ3n) is 5.18. The summed E-state index contributed by atoms with van der Waals surface area (Å²) in [4.78, 5) is 12.2. The Morgan fingerprint density at radius 2 is 1.50 bits per heavy atom. The number of aryl methyl sites for hydroxylation is 1. The van der Waals surface area contributed by atoms with E-state index in [2.05, 4.69) is 47.6 Å². The number of nitrogen functional groups attached to an aromatic ring is 1. The number of benzene rings is 1. The van der Waals surface area contributed by atoms with Crippen molar-refractivity contribution in [3.05, 3.63) is 23.3 Å². The lowest BCUT2D eigenvalue weighted by Crippen LogP contribution is -2.56. The highest BCUT2D eigenvalue weighted by Crippen LogP contribution is 2.42. The van der Waals surface area contributed by atoms with Crippen molar-refractivity contribution in [2.24, 2.45) is 0 Å². The second kappa shape index (κ2) is 6.86. The van der Waals surface area contributed by atoms with Gasteiger partial charge in [-0.2, -0.15) is 0 Å². The molecule has 3 nitrogen and oxygen atoms in total. The number of carbonyl (C=O) groups is 1. The van der Waals surface area contributed by atoms with Crippen molar-refractivity contribution in [2.45, 2.75) is 65.1 Å². The number of esters is 1. The van der Waals surface area contributed by atoms with E-state index in [9.17, 15) is 4.79 Å². The van der Waals surface area contributed by atoms with E-state index in [1.807, 2.05) is 13.0 Å². The number of methoxy groups -OCH3 is 1. The fraction of sp³-hybridized carbons (Fsp3) is 0.611. The summed E-state index contributed by atoms with van der Waals surface area (Å²) in [5.41, 5.74) is 10.2. The molecule has 2 N–H and O–H groups in total. The monoisotopic (exact) mass is 322 g/mol. The van der Waals surface area contributed by atoms with Crippen molar-refractivity contribution in [1.29, 1.82) is 0 Å². The van der Waals surface area contributed by atoms with Gasteiger partial charge >= 0.3 is 5.97 Å². The van der Waals surface area contributed by atoms with E-state index in [1.165, 1.54) is 12.3 Å². The molecule has 1 aromatic rings. The molecule has 1 aromatic carbocycles. The number of anilines is 1. The molecule has 0 spiro atoms. The molecule has 0 radical (unpaired) electrons. The molecule has 0 saturated carbocycles. The van der Waals surface area contributed by atoms with Crippen LogP contribution in [0, 0.1) is 6.92 Å². The van der Waals surface area contributed by atoms with Crippen molar-refractivity contribution >= 4 is 24.9 Å². The lowest BCUT2D eigenvalue weighted by Gasteiger charge is -2.44. The number of ether oxygens (including phenoxy) is 1. The summed E-state index contributed by atoms with van der Waals surface area (Å²) in [6.45, 7) is 15.7. The molecular formula is C18H31NO2Si. The zero-order chi connectivity index (χ0) is 17.2. The molecule has 0 fully saturated rings. The van der Waals surface area contributed by atoms with E-state index in [4.69, 9.17) is 10.5 Å². The van der Waals surface area contributed by atoms with E-state index in [1.54, 1.807) is 0 Å². The molecule has 0 aromatic heterocycles. The van der Waals surface area contributed by atoms with Crippen LogP contribution in [0.2, 0.25) is 16.6 Å². The highest BCUT2D eigenvalue weighted by atomic mass is 28.3. The average molecular weight is 323 g/mol. The fourth-order valence-corrected chi connectivity index (χ4v) is 11.2. The smallest absolute Gasteiger partial charge is 0.340 e. The number of hydrogen-bond donors (Lipinski definition) is 1. The minimum absolute atomic E-state index is 0.337. The van der Waals surface area contributed by atoms with E-state index in [0.29, 0.717) is 27.9 Å². The van der Waals surface area contributed by atoms with Crippen LogP contribution >= 0.6 is 0 Å². The minimum Gasteiger partial charge on any atom is -0.465 e. The predicted molar refractivity (Wildman–Crippen MR) is 97.6 cm³/mol. The quantitative estimate of drug-likeness (QED) is 0.501. The van der Waals surface area contributed by atoms with Gasteiger partial charge in [0, 0.05) is 5.69 Å². The zero-order valence-electron chi connectivity index (χ0n) is 15.3. The van der Waals surface area contributed by atoms with Crippen molar-refractivity contribution in [1.82, 2.24) is 0 Å². The topological polar surface area (TPSA) is 52.3 Å². The van der Waals surface area contributed by atoms with Crippen molar-refractivity contribution in [2.75, 3.05) is 12.8 Å². The summed E-state index contributed by atoms with van der Waals surface area (Å²) in [5, 5.41) is 1.21. The molecule has 124 valence electrons. The molecule has 0 saturated heterocycles. The molecule has 0 unspecified atom stereocenters. The summed E-state index contributed by atoms with van der Waals surface area (Å²) < 4.78 is 4.94. The minimum atomic E-state index is -1.89. The van der Waals surface area contributed by atoms with Crippen molar-refractivity contribution in [3.63, 3.8) is 0 Å². The van der Waals surface area contributed by atoms with E-state index in [-0.39, 0.29) is 5.97 Å². The highest BCUT2D eigenvalue weighted by molar-refractivity contribution is 6.96. The maximum absolute atomic E-state index is 12.2. The Hall–Kier alpha value is -1.29. The summed E-state index contributed by atoms with van der Waals surface area (Å²) in [6, 6.07) is 4.18. The molecule has 1 rings (SSSR count). The third kappa shape index (κ3) is 2.81. The third-order valence-corrected chi connectivity index (χ3v) is 12.3. The Labute approximate surface area is 136 Å². The molecule has 0 aliphatic heterocycles. The van der Waals surface area contributed by atoms with Crippen LogP contribution in [0.15, 0.2) is 12.1 Å². The second-order valence-electron chi connectivity index (χ2n) is 7.11. The largest absolute Gasteiger partial charge is 0.465 e. The summed E-state index contributed by atoms with van der Waals surface area (Å²) in [6.07, 6.45) is 0. The Balaban J connectivity index is 3.75. The molecule has 0 bridgehead atoms. The van der Waals surface area contributed by atoms with Gasteiger partial charge in [-0.05, 0) is 34.3 Å². The van der Waals surface area contributed by atoms with E-state index < -0.39 is 8.07 Å². The molecule has 0 aliphatic carbocycles. The van der Waals surface area contributed by atoms with Crippen LogP contribution in [0.4, 0.5) is 5.69 Å². The van der Waals surface area contributed by atoms with Gasteiger partial charge < -0.3 is 10.5 Å². The molecule has 0 amide bonds. The number of nitrogens with two attached hydrogens (primary N) is 1. The predicted octanol–water partition coefficient (Wildman–Crippen LogP) is 4.25. The van der Waals surface area contributed by atoms with Gasteiger partial charge in [-0.15, -0.1) is 0 Å². The van der Waals surface area contributed by atoms with Gasteiger partial charge in [0.2, 0.25) is 0 Å². The molecule has 22 heavy (non-hydrogen) atoms. The lowest BCUT2D eigenvalue weighted by atomic mass is 10.2. The summed E-state index contributed by atoms with van der Waals surface area (Å²) >= 11 is 0. The van der Waals surface area contributed by atoms with Gasteiger partial charge in [0.25, 0.3) is 0 Å². The molecular weight excluding hydrogens is 291 g/mol. The van der Waals surface area contributed by atoms with Crippen LogP contribution in [-0.4, -0.2) is 21.2 Å². The first-order valence-electron chi connectivity index (χ1n) is 8.10. The fourth-order valence-electron chi connectivity index (χ4n) is 4.41. The Bertz CT molecular complexity index is 528. The number of carbonyl (C=O) groups excluding carboxylic acids is 1. The molecule has 0 aliphatic rings. The number of rotatable bonds is 5. The van der Waals surface area contributed by atoms with Crippen LogP contribution in [0.1, 0.15) is 57.5 Å². The molecule has 0 atom stereocenters. The van der Waals surface area contributed by atoms with Crippen LogP contribution in [0.5, 0.6) is 0 Å². The first-order chi connectivity index (χ1) is 10.1. The Morgan fingerprint density at radius 3 is 1.86 bits per heavy atom. The average Bonchev–Trinajstić information content (AvgIpc) is 2.40. The maximum atomic E-state index is 12.2. The summed E-state index contributed by atoms with van der Waals surface area (Å²) in [7, 11) is -0.485. The zero-order valence-corrected chi connectivity index (χ0v) is 16.3. The van der Waals surface area contributed by atoms with Crippen LogP contribution in [0.25, 0.3) is 0 Å². The van der Waals surface area contributed by atoms with Gasteiger partial charge in [-0.1, -0.05) is 53.7 Å². The molecule has 4 heteroatoms. The van der Waals surface area contributed by atoms with Gasteiger partial charge in [-0.3, -0.25) is 0 Å². The highest BCUT2D eigenvalue weighted by Gasteiger charge is 2.46. The SMILES string of the molecule is COC(=O)c1c(C)ccc([Si](C(C)C)(C(C)C)C(C)C)[13c]1N. The van der Waals surface area contributed by atoms with E-state index >= 15 is 0 Å². The molecule has 0 heterocycles. The van der Waals surface area contributed by atoms with Crippen LogP contribution in [-0.2, 0) is 4.74 Å². The Morgan fingerprint density at radius 1 is 1.05 bits per heavy atom. The maximum Gasteiger partial charge on any atom is 0.340 e. The normalized spacial score (nSPS) is 12.3. The van der Waals surface area contributed by atoms with Crippen molar-refractivity contribution in [3.8, 4) is 0 Å². The van der Waals surface area contributed by atoms with Gasteiger partial charge in [0.15, 0.2) is 0 Å². The van der Waals surface area contributed by atoms with Crippen LogP contribution < -0.4 is 10.9 Å². The standard InChI is InChI=1S/C18H31NO2Si/c1-11(2)22(12(3)4,13(5)6)15-10-9-14(7)16(17(15)19)18(20)21-8/h9-13H,19H2,1-8H3/i17+1. The Kier molecular flexibility index (Phi) is 5.85. The van der Waals surface area contributed by atoms with Gasteiger partial charge in [0.1, 0.15) is 0 Å². The van der Waals surface area contributed by atoms with Crippen LogP contribution in [0.3, 0.4) is 0 Å². The first-order valence-corrected chi connectivity index (χ1v) is 10.3. The van der Waals surface area contributed by atoms with Crippen molar-refractivity contribution < 1.29 is 9.53 Å². The van der Waals surface area contributed by atoms with Gasteiger partial charge in [0.05, 0.1) is 20.7 Å².